The summed E-state index contributed by atoms with van der Waals surface area (Å²) in [6, 6.07) is 15.9. The van der Waals surface area contributed by atoms with Gasteiger partial charge in [-0.05, 0) is 42.5 Å². The molecule has 2 heterocycles. The second-order valence-electron chi connectivity index (χ2n) is 8.32. The van der Waals surface area contributed by atoms with Crippen molar-refractivity contribution in [3.8, 4) is 11.4 Å². The number of nitrogens with zero attached hydrogens (tertiary/aromatic N) is 4. The van der Waals surface area contributed by atoms with E-state index in [4.69, 9.17) is 4.74 Å². The Balaban J connectivity index is 1.50. The van der Waals surface area contributed by atoms with Crippen molar-refractivity contribution >= 4 is 17.7 Å². The standard InChI is InChI=1S/C24H27FN4O2S/c1-17-12-18(2)14-28(13-17)23(30)16-32-24-27-26-22(29(24)19-8-4-3-5-9-19)15-31-21-11-7-6-10-20(21)25/h3-11,17-18H,12-16H2,1-2H3/t17-,18+. The lowest BCUT2D eigenvalue weighted by molar-refractivity contribution is -0.130. The number of aromatic nitrogens is 3. The molecule has 4 rings (SSSR count). The molecule has 0 spiro atoms. The quantitative estimate of drug-likeness (QED) is 0.489. The molecule has 0 radical (unpaired) electrons. The molecule has 1 saturated heterocycles. The van der Waals surface area contributed by atoms with Crippen LogP contribution in [0.3, 0.4) is 0 Å². The molecule has 1 fully saturated rings. The largest absolute Gasteiger partial charge is 0.483 e. The van der Waals surface area contributed by atoms with E-state index in [1.807, 2.05) is 39.8 Å². The first-order valence-electron chi connectivity index (χ1n) is 10.8. The van der Waals surface area contributed by atoms with E-state index in [0.29, 0.717) is 28.6 Å². The lowest BCUT2D eigenvalue weighted by Crippen LogP contribution is -2.43. The molecule has 0 aliphatic carbocycles. The molecule has 168 valence electrons. The average molecular weight is 455 g/mol. The van der Waals surface area contributed by atoms with Gasteiger partial charge in [-0.15, -0.1) is 10.2 Å². The van der Waals surface area contributed by atoms with E-state index in [2.05, 4.69) is 24.0 Å². The van der Waals surface area contributed by atoms with Gasteiger partial charge in [0.05, 0.1) is 5.75 Å². The predicted octanol–water partition coefficient (Wildman–Crippen LogP) is 4.58. The number of likely N-dealkylation sites (tertiary alicyclic amines) is 1. The van der Waals surface area contributed by atoms with Crippen LogP contribution in [0.25, 0.3) is 5.69 Å². The van der Waals surface area contributed by atoms with Gasteiger partial charge in [-0.2, -0.15) is 0 Å². The fraction of sp³-hybridized carbons (Fsp3) is 0.375. The summed E-state index contributed by atoms with van der Waals surface area (Å²) >= 11 is 1.36. The number of carbonyl (C=O) groups is 1. The van der Waals surface area contributed by atoms with Crippen LogP contribution in [-0.4, -0.2) is 44.4 Å². The van der Waals surface area contributed by atoms with E-state index in [1.54, 1.807) is 18.2 Å². The summed E-state index contributed by atoms with van der Waals surface area (Å²) < 4.78 is 21.5. The number of hydrogen-bond acceptors (Lipinski definition) is 5. The Morgan fingerprint density at radius 1 is 1.06 bits per heavy atom. The van der Waals surface area contributed by atoms with Crippen LogP contribution in [0.5, 0.6) is 5.75 Å². The minimum absolute atomic E-state index is 0.0541. The van der Waals surface area contributed by atoms with Gasteiger partial charge in [-0.3, -0.25) is 9.36 Å². The van der Waals surface area contributed by atoms with Gasteiger partial charge in [0.25, 0.3) is 0 Å². The summed E-state index contributed by atoms with van der Waals surface area (Å²) in [7, 11) is 0. The third-order valence-electron chi connectivity index (χ3n) is 5.45. The van der Waals surface area contributed by atoms with Gasteiger partial charge >= 0.3 is 0 Å². The van der Waals surface area contributed by atoms with Crippen LogP contribution in [0.15, 0.2) is 59.8 Å². The van der Waals surface area contributed by atoms with Crippen LogP contribution in [0, 0.1) is 17.7 Å². The Morgan fingerprint density at radius 3 is 2.47 bits per heavy atom. The van der Waals surface area contributed by atoms with Crippen molar-refractivity contribution in [1.82, 2.24) is 19.7 Å². The highest BCUT2D eigenvalue weighted by molar-refractivity contribution is 7.99. The van der Waals surface area contributed by atoms with Crippen LogP contribution in [-0.2, 0) is 11.4 Å². The molecule has 2 atom stereocenters. The second-order valence-corrected chi connectivity index (χ2v) is 9.26. The van der Waals surface area contributed by atoms with Crippen molar-refractivity contribution in [1.29, 1.82) is 0 Å². The first-order valence-corrected chi connectivity index (χ1v) is 11.8. The highest BCUT2D eigenvalue weighted by Crippen LogP contribution is 2.26. The van der Waals surface area contributed by atoms with Crippen LogP contribution >= 0.6 is 11.8 Å². The van der Waals surface area contributed by atoms with Crippen molar-refractivity contribution in [3.63, 3.8) is 0 Å². The van der Waals surface area contributed by atoms with Gasteiger partial charge in [0.2, 0.25) is 5.91 Å². The van der Waals surface area contributed by atoms with E-state index in [-0.39, 0.29) is 18.3 Å². The molecular formula is C24H27FN4O2S. The normalized spacial score (nSPS) is 18.5. The molecule has 8 heteroatoms. The van der Waals surface area contributed by atoms with Gasteiger partial charge < -0.3 is 9.64 Å². The number of para-hydroxylation sites is 2. The Hall–Kier alpha value is -2.87. The van der Waals surface area contributed by atoms with Crippen molar-refractivity contribution in [2.45, 2.75) is 32.0 Å². The van der Waals surface area contributed by atoms with Crippen LogP contribution in [0.1, 0.15) is 26.1 Å². The molecule has 0 bridgehead atoms. The number of benzene rings is 2. The summed E-state index contributed by atoms with van der Waals surface area (Å²) in [4.78, 5) is 14.8. The zero-order chi connectivity index (χ0) is 22.5. The van der Waals surface area contributed by atoms with Crippen molar-refractivity contribution < 1.29 is 13.9 Å². The highest BCUT2D eigenvalue weighted by atomic mass is 32.2. The minimum atomic E-state index is -0.427. The minimum Gasteiger partial charge on any atom is -0.483 e. The van der Waals surface area contributed by atoms with Gasteiger partial charge in [0, 0.05) is 18.8 Å². The maximum Gasteiger partial charge on any atom is 0.233 e. The number of thioether (sulfide) groups is 1. The molecular weight excluding hydrogens is 427 g/mol. The summed E-state index contributed by atoms with van der Waals surface area (Å²) in [5.41, 5.74) is 0.861. The summed E-state index contributed by atoms with van der Waals surface area (Å²) in [6.07, 6.45) is 1.16. The molecule has 32 heavy (non-hydrogen) atoms. The lowest BCUT2D eigenvalue weighted by Gasteiger charge is -2.34. The molecule has 1 aliphatic rings. The molecule has 0 unspecified atom stereocenters. The maximum atomic E-state index is 13.9. The Bertz CT molecular complexity index is 1050. The number of rotatable bonds is 7. The molecule has 2 aromatic carbocycles. The van der Waals surface area contributed by atoms with E-state index < -0.39 is 5.82 Å². The maximum absolute atomic E-state index is 13.9. The van der Waals surface area contributed by atoms with Crippen molar-refractivity contribution in [2.24, 2.45) is 11.8 Å². The van der Waals surface area contributed by atoms with Crippen LogP contribution < -0.4 is 4.74 Å². The third-order valence-corrected chi connectivity index (χ3v) is 6.37. The molecule has 6 nitrogen and oxygen atoms in total. The van der Waals surface area contributed by atoms with Gasteiger partial charge in [0.1, 0.15) is 6.61 Å². The fourth-order valence-electron chi connectivity index (χ4n) is 4.11. The number of amides is 1. The average Bonchev–Trinajstić information content (AvgIpc) is 3.19. The molecule has 1 aromatic heterocycles. The van der Waals surface area contributed by atoms with Crippen LogP contribution in [0.4, 0.5) is 4.39 Å². The number of carbonyl (C=O) groups excluding carboxylic acids is 1. The third kappa shape index (κ3) is 5.30. The molecule has 1 amide bonds. The van der Waals surface area contributed by atoms with Crippen molar-refractivity contribution in [2.75, 3.05) is 18.8 Å². The monoisotopic (exact) mass is 454 g/mol. The van der Waals surface area contributed by atoms with Crippen molar-refractivity contribution in [3.05, 3.63) is 66.2 Å². The summed E-state index contributed by atoms with van der Waals surface area (Å²) in [6.45, 7) is 6.04. The Kier molecular flexibility index (Phi) is 7.09. The lowest BCUT2D eigenvalue weighted by atomic mass is 9.92. The van der Waals surface area contributed by atoms with Gasteiger partial charge in [-0.25, -0.2) is 4.39 Å². The summed E-state index contributed by atoms with van der Waals surface area (Å²) in [5.74, 6) is 1.70. The van der Waals surface area contributed by atoms with Crippen LogP contribution in [0.2, 0.25) is 0 Å². The zero-order valence-electron chi connectivity index (χ0n) is 18.3. The number of piperidine rings is 1. The highest BCUT2D eigenvalue weighted by Gasteiger charge is 2.26. The van der Waals surface area contributed by atoms with E-state index in [9.17, 15) is 9.18 Å². The molecule has 1 aliphatic heterocycles. The molecule has 0 saturated carbocycles. The molecule has 0 N–H and O–H groups in total. The molecule has 3 aromatic rings. The number of ether oxygens (including phenoxy) is 1. The Labute approximate surface area is 191 Å². The first kappa shape index (κ1) is 22.3. The van der Waals surface area contributed by atoms with E-state index >= 15 is 0 Å². The van der Waals surface area contributed by atoms with Gasteiger partial charge in [0.15, 0.2) is 22.5 Å². The number of hydrogen-bond donors (Lipinski definition) is 0. The van der Waals surface area contributed by atoms with E-state index in [0.717, 1.165) is 25.2 Å². The SMILES string of the molecule is C[C@@H]1C[C@H](C)CN(C(=O)CSc2nnc(COc3ccccc3F)n2-c2ccccc2)C1. The number of halogens is 1. The smallest absolute Gasteiger partial charge is 0.233 e. The fourth-order valence-corrected chi connectivity index (χ4v) is 4.99. The summed E-state index contributed by atoms with van der Waals surface area (Å²) in [5, 5.41) is 9.18. The Morgan fingerprint density at radius 2 is 1.75 bits per heavy atom. The van der Waals surface area contributed by atoms with Gasteiger partial charge in [-0.1, -0.05) is 55.9 Å². The van der Waals surface area contributed by atoms with E-state index in [1.165, 1.54) is 17.8 Å². The zero-order valence-corrected chi connectivity index (χ0v) is 19.1. The first-order chi connectivity index (χ1) is 15.5. The predicted molar refractivity (Wildman–Crippen MR) is 122 cm³/mol. The topological polar surface area (TPSA) is 60.3 Å². The second kappa shape index (κ2) is 10.2.